The number of aromatic nitrogens is 3. The van der Waals surface area contributed by atoms with Crippen molar-refractivity contribution in [1.82, 2.24) is 15.2 Å². The zero-order valence-electron chi connectivity index (χ0n) is 7.58. The topological polar surface area (TPSA) is 67.6 Å². The molecular weight excluding hydrogens is 244 g/mol. The van der Waals surface area contributed by atoms with Crippen molar-refractivity contribution in [3.63, 3.8) is 0 Å². The molecule has 1 aromatic carbocycles. The molecule has 0 spiro atoms. The van der Waals surface area contributed by atoms with Crippen LogP contribution in [0.4, 0.5) is 5.95 Å². The van der Waals surface area contributed by atoms with Gasteiger partial charge in [0.1, 0.15) is 0 Å². The van der Waals surface area contributed by atoms with E-state index in [1.807, 2.05) is 25.1 Å². The Labute approximate surface area is 89.7 Å². The molecule has 1 aromatic heterocycles. The summed E-state index contributed by atoms with van der Waals surface area (Å²) >= 11 is 3.44. The van der Waals surface area contributed by atoms with Gasteiger partial charge in [-0.05, 0) is 24.6 Å². The van der Waals surface area contributed by atoms with Crippen LogP contribution in [0.3, 0.4) is 0 Å². The van der Waals surface area contributed by atoms with Crippen LogP contribution < -0.4 is 5.73 Å². The lowest BCUT2D eigenvalue weighted by atomic mass is 10.1. The van der Waals surface area contributed by atoms with Gasteiger partial charge < -0.3 is 5.73 Å². The Morgan fingerprint density at radius 2 is 2.21 bits per heavy atom. The van der Waals surface area contributed by atoms with Crippen molar-refractivity contribution in [3.05, 3.63) is 28.2 Å². The average Bonchev–Trinajstić information content (AvgIpc) is 2.57. The van der Waals surface area contributed by atoms with Crippen LogP contribution in [0, 0.1) is 6.92 Å². The van der Waals surface area contributed by atoms with Gasteiger partial charge in [-0.1, -0.05) is 22.0 Å². The number of nitrogen functional groups attached to an aromatic ring is 1. The predicted octanol–water partition coefficient (Wildman–Crippen LogP) is 2.12. The molecule has 0 bridgehead atoms. The van der Waals surface area contributed by atoms with Crippen molar-refractivity contribution < 1.29 is 0 Å². The second kappa shape index (κ2) is 3.42. The van der Waals surface area contributed by atoms with Gasteiger partial charge in [-0.15, -0.1) is 5.10 Å². The van der Waals surface area contributed by atoms with E-state index in [1.54, 1.807) is 0 Å². The smallest absolute Gasteiger partial charge is 0.239 e. The fourth-order valence-corrected chi connectivity index (χ4v) is 1.44. The third-order valence-electron chi connectivity index (χ3n) is 1.93. The van der Waals surface area contributed by atoms with Crippen LogP contribution in [0.1, 0.15) is 5.56 Å². The summed E-state index contributed by atoms with van der Waals surface area (Å²) in [6, 6.07) is 5.95. The summed E-state index contributed by atoms with van der Waals surface area (Å²) in [4.78, 5) is 4.05. The van der Waals surface area contributed by atoms with Gasteiger partial charge in [0.15, 0.2) is 5.82 Å². The summed E-state index contributed by atoms with van der Waals surface area (Å²) < 4.78 is 1.08. The van der Waals surface area contributed by atoms with E-state index in [0.29, 0.717) is 5.82 Å². The zero-order valence-corrected chi connectivity index (χ0v) is 9.17. The van der Waals surface area contributed by atoms with E-state index in [1.165, 1.54) is 0 Å². The van der Waals surface area contributed by atoms with Crippen LogP contribution in [0.2, 0.25) is 0 Å². The molecular formula is C9H9BrN4. The highest BCUT2D eigenvalue weighted by molar-refractivity contribution is 9.10. The number of nitrogens with two attached hydrogens (primary N) is 1. The largest absolute Gasteiger partial charge is 0.366 e. The van der Waals surface area contributed by atoms with E-state index in [0.717, 1.165) is 15.6 Å². The molecule has 2 rings (SSSR count). The lowest BCUT2D eigenvalue weighted by molar-refractivity contribution is 1.10. The summed E-state index contributed by atoms with van der Waals surface area (Å²) in [5.41, 5.74) is 7.55. The second-order valence-corrected chi connectivity index (χ2v) is 3.86. The molecule has 0 saturated heterocycles. The molecule has 72 valence electrons. The Morgan fingerprint density at radius 1 is 1.43 bits per heavy atom. The molecule has 0 aliphatic carbocycles. The lowest BCUT2D eigenvalue weighted by Crippen LogP contribution is -1.86. The fraction of sp³-hybridized carbons (Fsp3) is 0.111. The van der Waals surface area contributed by atoms with Crippen molar-refractivity contribution in [2.45, 2.75) is 6.92 Å². The summed E-state index contributed by atoms with van der Waals surface area (Å²) in [5.74, 6) is 0.957. The van der Waals surface area contributed by atoms with Gasteiger partial charge in [0.25, 0.3) is 0 Å². The van der Waals surface area contributed by atoms with E-state index in [-0.39, 0.29) is 5.95 Å². The SMILES string of the molecule is Cc1cc(-c2nc(N)n[nH]2)ccc1Br. The highest BCUT2D eigenvalue weighted by atomic mass is 79.9. The maximum Gasteiger partial charge on any atom is 0.239 e. The third-order valence-corrected chi connectivity index (χ3v) is 2.82. The highest BCUT2D eigenvalue weighted by Crippen LogP contribution is 2.22. The van der Waals surface area contributed by atoms with Gasteiger partial charge in [-0.25, -0.2) is 0 Å². The molecule has 2 aromatic rings. The molecule has 0 radical (unpaired) electrons. The number of halogens is 1. The number of rotatable bonds is 1. The number of benzene rings is 1. The molecule has 0 fully saturated rings. The van der Waals surface area contributed by atoms with Gasteiger partial charge in [0.2, 0.25) is 5.95 Å². The molecule has 3 N–H and O–H groups in total. The van der Waals surface area contributed by atoms with E-state index in [9.17, 15) is 0 Å². The molecule has 0 saturated carbocycles. The first kappa shape index (κ1) is 9.21. The molecule has 5 heteroatoms. The van der Waals surface area contributed by atoms with E-state index in [4.69, 9.17) is 5.73 Å². The minimum absolute atomic E-state index is 0.264. The Hall–Kier alpha value is -1.36. The molecule has 0 amide bonds. The van der Waals surface area contributed by atoms with Crippen LogP contribution in [0.15, 0.2) is 22.7 Å². The Balaban J connectivity index is 2.47. The number of nitrogens with zero attached hydrogens (tertiary/aromatic N) is 2. The predicted molar refractivity (Wildman–Crippen MR) is 58.7 cm³/mol. The summed E-state index contributed by atoms with van der Waals surface area (Å²) in [7, 11) is 0. The van der Waals surface area contributed by atoms with Crippen LogP contribution >= 0.6 is 15.9 Å². The Bertz CT molecular complexity index is 464. The minimum Gasteiger partial charge on any atom is -0.366 e. The zero-order chi connectivity index (χ0) is 10.1. The van der Waals surface area contributed by atoms with Crippen molar-refractivity contribution in [2.24, 2.45) is 0 Å². The first-order valence-electron chi connectivity index (χ1n) is 4.11. The lowest BCUT2D eigenvalue weighted by Gasteiger charge is -2.00. The van der Waals surface area contributed by atoms with Gasteiger partial charge in [0, 0.05) is 10.0 Å². The summed E-state index contributed by atoms with van der Waals surface area (Å²) in [6.07, 6.45) is 0. The molecule has 0 aliphatic rings. The molecule has 14 heavy (non-hydrogen) atoms. The number of aromatic amines is 1. The molecule has 4 nitrogen and oxygen atoms in total. The minimum atomic E-state index is 0.264. The van der Waals surface area contributed by atoms with Gasteiger partial charge in [0.05, 0.1) is 0 Å². The number of hydrogen-bond donors (Lipinski definition) is 2. The number of anilines is 1. The normalized spacial score (nSPS) is 10.4. The maximum absolute atomic E-state index is 5.42. The standard InChI is InChI=1S/C9H9BrN4/c1-5-4-6(2-3-7(5)10)8-12-9(11)14-13-8/h2-4H,1H3,(H3,11,12,13,14). The Morgan fingerprint density at radius 3 is 2.79 bits per heavy atom. The molecule has 0 unspecified atom stereocenters. The van der Waals surface area contributed by atoms with Gasteiger partial charge in [-0.3, -0.25) is 5.10 Å². The van der Waals surface area contributed by atoms with E-state index >= 15 is 0 Å². The van der Waals surface area contributed by atoms with Crippen LogP contribution in [-0.4, -0.2) is 15.2 Å². The van der Waals surface area contributed by atoms with Crippen LogP contribution in [0.5, 0.6) is 0 Å². The summed E-state index contributed by atoms with van der Waals surface area (Å²) in [5, 5.41) is 6.54. The molecule has 1 heterocycles. The summed E-state index contributed by atoms with van der Waals surface area (Å²) in [6.45, 7) is 2.02. The van der Waals surface area contributed by atoms with Crippen molar-refractivity contribution in [1.29, 1.82) is 0 Å². The van der Waals surface area contributed by atoms with E-state index < -0.39 is 0 Å². The highest BCUT2D eigenvalue weighted by Gasteiger charge is 2.04. The monoisotopic (exact) mass is 252 g/mol. The van der Waals surface area contributed by atoms with Crippen molar-refractivity contribution >= 4 is 21.9 Å². The number of aryl methyl sites for hydroxylation is 1. The van der Waals surface area contributed by atoms with E-state index in [2.05, 4.69) is 31.1 Å². The average molecular weight is 253 g/mol. The second-order valence-electron chi connectivity index (χ2n) is 3.01. The number of nitrogens with one attached hydrogen (secondary N) is 1. The molecule has 0 atom stereocenters. The van der Waals surface area contributed by atoms with Gasteiger partial charge in [-0.2, -0.15) is 4.98 Å². The van der Waals surface area contributed by atoms with Crippen molar-refractivity contribution in [2.75, 3.05) is 5.73 Å². The number of hydrogen-bond acceptors (Lipinski definition) is 3. The van der Waals surface area contributed by atoms with Crippen LogP contribution in [0.25, 0.3) is 11.4 Å². The number of H-pyrrole nitrogens is 1. The fourth-order valence-electron chi connectivity index (χ4n) is 1.20. The first-order chi connectivity index (χ1) is 6.66. The quantitative estimate of drug-likeness (QED) is 0.817. The van der Waals surface area contributed by atoms with Gasteiger partial charge >= 0.3 is 0 Å². The Kier molecular flexibility index (Phi) is 2.25. The molecule has 0 aliphatic heterocycles. The third kappa shape index (κ3) is 1.63. The maximum atomic E-state index is 5.42. The van der Waals surface area contributed by atoms with Crippen molar-refractivity contribution in [3.8, 4) is 11.4 Å². The first-order valence-corrected chi connectivity index (χ1v) is 4.90. The van der Waals surface area contributed by atoms with Crippen LogP contribution in [-0.2, 0) is 0 Å².